The maximum absolute atomic E-state index is 6.15. The summed E-state index contributed by atoms with van der Waals surface area (Å²) in [6.45, 7) is 0. The summed E-state index contributed by atoms with van der Waals surface area (Å²) in [5.74, 6) is 0.678. The number of methoxy groups -OCH3 is 1. The van der Waals surface area contributed by atoms with Crippen molar-refractivity contribution < 1.29 is 4.74 Å². The third-order valence-electron chi connectivity index (χ3n) is 4.24. The molecule has 2 aliphatic heterocycles. The lowest BCUT2D eigenvalue weighted by Crippen LogP contribution is -2.55. The van der Waals surface area contributed by atoms with Gasteiger partial charge in [0.25, 0.3) is 0 Å². The highest BCUT2D eigenvalue weighted by molar-refractivity contribution is 5.49. The van der Waals surface area contributed by atoms with Gasteiger partial charge in [-0.15, -0.1) is 0 Å². The second kappa shape index (κ2) is 4.76. The van der Waals surface area contributed by atoms with Crippen molar-refractivity contribution in [1.29, 1.82) is 0 Å². The highest BCUT2D eigenvalue weighted by atomic mass is 16.5. The molecule has 2 bridgehead atoms. The summed E-state index contributed by atoms with van der Waals surface area (Å²) in [6.07, 6.45) is 8.01. The zero-order valence-electron chi connectivity index (χ0n) is 10.9. The minimum absolute atomic E-state index is 0.378. The molecular formula is C14H21N3O. The van der Waals surface area contributed by atoms with Crippen molar-refractivity contribution in [2.75, 3.05) is 12.0 Å². The van der Waals surface area contributed by atoms with E-state index in [1.54, 1.807) is 7.11 Å². The number of pyridine rings is 1. The van der Waals surface area contributed by atoms with E-state index in [1.807, 2.05) is 12.3 Å². The van der Waals surface area contributed by atoms with Crippen LogP contribution in [0.25, 0.3) is 0 Å². The van der Waals surface area contributed by atoms with Gasteiger partial charge in [0.05, 0.1) is 19.0 Å². The summed E-state index contributed by atoms with van der Waals surface area (Å²) in [6, 6.07) is 5.64. The number of hydrogen-bond donors (Lipinski definition) is 1. The Morgan fingerprint density at radius 2 is 2.00 bits per heavy atom. The number of nitrogens with two attached hydrogens (primary N) is 1. The van der Waals surface area contributed by atoms with Gasteiger partial charge in [0.1, 0.15) is 0 Å². The lowest BCUT2D eigenvalue weighted by atomic mass is 9.82. The van der Waals surface area contributed by atoms with Gasteiger partial charge in [-0.2, -0.15) is 0 Å². The third-order valence-corrected chi connectivity index (χ3v) is 4.24. The molecule has 2 unspecified atom stereocenters. The smallest absolute Gasteiger partial charge is 0.213 e. The van der Waals surface area contributed by atoms with Crippen LogP contribution in [-0.2, 0) is 0 Å². The van der Waals surface area contributed by atoms with E-state index in [0.717, 1.165) is 12.8 Å². The zero-order valence-corrected chi connectivity index (χ0v) is 10.9. The SMILES string of the molecule is COc1ccc(N2C3CCCC2CC(N)C3)cn1. The third kappa shape index (κ3) is 2.05. The molecule has 2 fully saturated rings. The monoisotopic (exact) mass is 247 g/mol. The van der Waals surface area contributed by atoms with Gasteiger partial charge in [0.2, 0.25) is 5.88 Å². The summed E-state index contributed by atoms with van der Waals surface area (Å²) < 4.78 is 5.12. The summed E-state index contributed by atoms with van der Waals surface area (Å²) in [7, 11) is 1.65. The van der Waals surface area contributed by atoms with Crippen molar-refractivity contribution >= 4 is 5.69 Å². The van der Waals surface area contributed by atoms with E-state index in [0.29, 0.717) is 24.0 Å². The molecule has 3 heterocycles. The Morgan fingerprint density at radius 1 is 1.28 bits per heavy atom. The number of hydrogen-bond acceptors (Lipinski definition) is 4. The van der Waals surface area contributed by atoms with Gasteiger partial charge in [-0.25, -0.2) is 4.98 Å². The Kier molecular flexibility index (Phi) is 3.12. The van der Waals surface area contributed by atoms with E-state index in [4.69, 9.17) is 10.5 Å². The van der Waals surface area contributed by atoms with E-state index in [-0.39, 0.29) is 0 Å². The largest absolute Gasteiger partial charge is 0.481 e. The van der Waals surface area contributed by atoms with Crippen LogP contribution < -0.4 is 15.4 Å². The molecule has 0 aliphatic carbocycles. The van der Waals surface area contributed by atoms with E-state index >= 15 is 0 Å². The van der Waals surface area contributed by atoms with Crippen LogP contribution in [0.2, 0.25) is 0 Å². The first kappa shape index (κ1) is 11.8. The number of ether oxygens (including phenoxy) is 1. The molecule has 4 nitrogen and oxygen atoms in total. The maximum atomic E-state index is 6.15. The molecule has 2 saturated heterocycles. The molecule has 0 amide bonds. The summed E-state index contributed by atoms with van der Waals surface area (Å²) in [5, 5.41) is 0. The van der Waals surface area contributed by atoms with Gasteiger partial charge in [-0.3, -0.25) is 0 Å². The average Bonchev–Trinajstić information content (AvgIpc) is 2.38. The molecule has 4 heteroatoms. The van der Waals surface area contributed by atoms with E-state index < -0.39 is 0 Å². The average molecular weight is 247 g/mol. The number of fused-ring (bicyclic) bond motifs is 2. The Balaban J connectivity index is 1.85. The number of aromatic nitrogens is 1. The van der Waals surface area contributed by atoms with Crippen LogP contribution in [-0.4, -0.2) is 30.2 Å². The molecule has 0 radical (unpaired) electrons. The molecule has 2 N–H and O–H groups in total. The van der Waals surface area contributed by atoms with Crippen LogP contribution in [0.4, 0.5) is 5.69 Å². The van der Waals surface area contributed by atoms with Crippen LogP contribution in [0.5, 0.6) is 5.88 Å². The van der Waals surface area contributed by atoms with Crippen LogP contribution in [0.1, 0.15) is 32.1 Å². The molecule has 1 aromatic rings. The first-order valence-corrected chi connectivity index (χ1v) is 6.82. The second-order valence-corrected chi connectivity index (χ2v) is 5.44. The Hall–Kier alpha value is -1.29. The topological polar surface area (TPSA) is 51.4 Å². The molecule has 2 aliphatic rings. The molecule has 18 heavy (non-hydrogen) atoms. The van der Waals surface area contributed by atoms with Crippen molar-refractivity contribution in [2.24, 2.45) is 5.73 Å². The Labute approximate surface area is 108 Å². The van der Waals surface area contributed by atoms with Crippen LogP contribution in [0.3, 0.4) is 0 Å². The molecule has 3 rings (SSSR count). The molecule has 1 aromatic heterocycles. The molecule has 0 aromatic carbocycles. The molecule has 2 atom stereocenters. The van der Waals surface area contributed by atoms with Crippen molar-refractivity contribution in [1.82, 2.24) is 4.98 Å². The molecule has 98 valence electrons. The van der Waals surface area contributed by atoms with Gasteiger partial charge in [0, 0.05) is 24.2 Å². The van der Waals surface area contributed by atoms with E-state index in [9.17, 15) is 0 Å². The number of anilines is 1. The Morgan fingerprint density at radius 3 is 2.56 bits per heavy atom. The quantitative estimate of drug-likeness (QED) is 0.867. The van der Waals surface area contributed by atoms with Crippen LogP contribution in [0.15, 0.2) is 18.3 Å². The first-order chi connectivity index (χ1) is 8.78. The lowest BCUT2D eigenvalue weighted by Gasteiger charge is -2.49. The van der Waals surface area contributed by atoms with Gasteiger partial charge in [0.15, 0.2) is 0 Å². The van der Waals surface area contributed by atoms with Crippen molar-refractivity contribution in [3.8, 4) is 5.88 Å². The maximum Gasteiger partial charge on any atom is 0.213 e. The predicted octanol–water partition coefficient (Wildman–Crippen LogP) is 1.94. The fraction of sp³-hybridized carbons (Fsp3) is 0.643. The minimum atomic E-state index is 0.378. The normalized spacial score (nSPS) is 31.2. The Bertz CT molecular complexity index is 392. The minimum Gasteiger partial charge on any atom is -0.481 e. The fourth-order valence-corrected chi connectivity index (χ4v) is 3.49. The molecule has 0 spiro atoms. The number of nitrogens with zero attached hydrogens (tertiary/aromatic N) is 2. The molecule has 0 saturated carbocycles. The van der Waals surface area contributed by atoms with Gasteiger partial charge < -0.3 is 15.4 Å². The number of rotatable bonds is 2. The lowest BCUT2D eigenvalue weighted by molar-refractivity contribution is 0.271. The van der Waals surface area contributed by atoms with Gasteiger partial charge in [-0.05, 0) is 38.2 Å². The van der Waals surface area contributed by atoms with Gasteiger partial charge in [-0.1, -0.05) is 0 Å². The van der Waals surface area contributed by atoms with E-state index in [2.05, 4.69) is 16.0 Å². The first-order valence-electron chi connectivity index (χ1n) is 6.82. The molecular weight excluding hydrogens is 226 g/mol. The van der Waals surface area contributed by atoms with Crippen LogP contribution in [0, 0.1) is 0 Å². The number of piperidine rings is 2. The van der Waals surface area contributed by atoms with Crippen molar-refractivity contribution in [3.63, 3.8) is 0 Å². The zero-order chi connectivity index (χ0) is 12.5. The van der Waals surface area contributed by atoms with Crippen molar-refractivity contribution in [3.05, 3.63) is 18.3 Å². The van der Waals surface area contributed by atoms with Gasteiger partial charge >= 0.3 is 0 Å². The second-order valence-electron chi connectivity index (χ2n) is 5.44. The fourth-order valence-electron chi connectivity index (χ4n) is 3.49. The highest BCUT2D eigenvalue weighted by Gasteiger charge is 2.37. The standard InChI is InChI=1S/C14H21N3O/c1-18-14-6-5-13(9-16-14)17-11-3-2-4-12(17)8-10(15)7-11/h5-6,9-12H,2-4,7-8,15H2,1H3. The van der Waals surface area contributed by atoms with Crippen LogP contribution >= 0.6 is 0 Å². The summed E-state index contributed by atoms with van der Waals surface area (Å²) in [5.41, 5.74) is 7.37. The summed E-state index contributed by atoms with van der Waals surface area (Å²) >= 11 is 0. The van der Waals surface area contributed by atoms with E-state index in [1.165, 1.54) is 24.9 Å². The highest BCUT2D eigenvalue weighted by Crippen LogP contribution is 2.37. The predicted molar refractivity (Wildman–Crippen MR) is 71.9 cm³/mol. The summed E-state index contributed by atoms with van der Waals surface area (Å²) in [4.78, 5) is 6.86. The van der Waals surface area contributed by atoms with Crippen molar-refractivity contribution in [2.45, 2.75) is 50.2 Å².